The van der Waals surface area contributed by atoms with Crippen LogP contribution < -0.4 is 5.32 Å². The molecule has 0 radical (unpaired) electrons. The lowest BCUT2D eigenvalue weighted by atomic mass is 10.3. The molecule has 21 heavy (non-hydrogen) atoms. The van der Waals surface area contributed by atoms with Gasteiger partial charge in [-0.3, -0.25) is 9.78 Å². The molecule has 0 atom stereocenters. The van der Waals surface area contributed by atoms with Crippen LogP contribution in [0.1, 0.15) is 21.3 Å². The Bertz CT molecular complexity index is 779. The number of hydrogen-bond acceptors (Lipinski definition) is 6. The lowest BCUT2D eigenvalue weighted by Crippen LogP contribution is -2.13. The van der Waals surface area contributed by atoms with E-state index >= 15 is 0 Å². The largest absolute Gasteiger partial charge is 0.420 e. The van der Waals surface area contributed by atoms with Gasteiger partial charge in [0.1, 0.15) is 5.69 Å². The molecule has 3 rings (SSSR count). The smallest absolute Gasteiger partial charge is 0.274 e. The van der Waals surface area contributed by atoms with Crippen molar-refractivity contribution in [3.05, 3.63) is 46.9 Å². The van der Waals surface area contributed by atoms with Gasteiger partial charge in [-0.25, -0.2) is 0 Å². The molecule has 6 nitrogen and oxygen atoms in total. The molecule has 1 amide bonds. The quantitative estimate of drug-likeness (QED) is 0.804. The minimum absolute atomic E-state index is 0.246. The van der Waals surface area contributed by atoms with Gasteiger partial charge in [0.25, 0.3) is 11.8 Å². The Hall–Kier alpha value is -2.54. The van der Waals surface area contributed by atoms with E-state index in [0.29, 0.717) is 17.5 Å². The van der Waals surface area contributed by atoms with E-state index in [4.69, 9.17) is 4.42 Å². The molecule has 1 N–H and O–H groups in total. The molecule has 3 aromatic heterocycles. The highest BCUT2D eigenvalue weighted by Crippen LogP contribution is 2.33. The first-order valence-electron chi connectivity index (χ1n) is 6.27. The average Bonchev–Trinajstić information content (AvgIpc) is 3.07. The normalized spacial score (nSPS) is 10.6. The summed E-state index contributed by atoms with van der Waals surface area (Å²) in [5, 5.41) is 10.6. The number of aromatic nitrogens is 3. The van der Waals surface area contributed by atoms with E-state index < -0.39 is 0 Å². The molecule has 0 saturated heterocycles. The summed E-state index contributed by atoms with van der Waals surface area (Å²) in [4.78, 5) is 17.9. The van der Waals surface area contributed by atoms with Gasteiger partial charge in [-0.1, -0.05) is 6.07 Å². The fourth-order valence-electron chi connectivity index (χ4n) is 1.79. The minimum Gasteiger partial charge on any atom is -0.420 e. The second-order valence-electron chi connectivity index (χ2n) is 4.38. The van der Waals surface area contributed by atoms with E-state index in [1.807, 2.05) is 13.0 Å². The fraction of sp³-hybridized carbons (Fsp3) is 0.143. The zero-order valence-electron chi connectivity index (χ0n) is 11.5. The van der Waals surface area contributed by atoms with Crippen molar-refractivity contribution in [3.63, 3.8) is 0 Å². The Morgan fingerprint density at radius 3 is 2.81 bits per heavy atom. The second kappa shape index (κ2) is 5.45. The fourth-order valence-corrected chi connectivity index (χ4v) is 2.69. The zero-order valence-corrected chi connectivity index (χ0v) is 12.3. The topological polar surface area (TPSA) is 80.9 Å². The van der Waals surface area contributed by atoms with E-state index in [9.17, 15) is 4.79 Å². The van der Waals surface area contributed by atoms with Gasteiger partial charge in [-0.15, -0.1) is 21.5 Å². The molecular weight excluding hydrogens is 288 g/mol. The van der Waals surface area contributed by atoms with Crippen LogP contribution in [0.5, 0.6) is 0 Å². The van der Waals surface area contributed by atoms with E-state index in [1.165, 1.54) is 11.3 Å². The first-order chi connectivity index (χ1) is 10.1. The van der Waals surface area contributed by atoms with Gasteiger partial charge in [0.15, 0.2) is 0 Å². The van der Waals surface area contributed by atoms with E-state index in [1.54, 1.807) is 31.3 Å². The monoisotopic (exact) mass is 300 g/mol. The third-order valence-electron chi connectivity index (χ3n) is 2.80. The first kappa shape index (κ1) is 13.4. The number of nitrogens with zero attached hydrogens (tertiary/aromatic N) is 3. The van der Waals surface area contributed by atoms with Crippen LogP contribution in [0, 0.1) is 13.8 Å². The van der Waals surface area contributed by atoms with E-state index in [2.05, 4.69) is 20.5 Å². The van der Waals surface area contributed by atoms with Crippen molar-refractivity contribution in [2.45, 2.75) is 13.8 Å². The molecule has 0 saturated carbocycles. The summed E-state index contributed by atoms with van der Waals surface area (Å²) in [5.74, 6) is 0.721. The summed E-state index contributed by atoms with van der Waals surface area (Å²) in [6, 6.07) is 7.03. The van der Waals surface area contributed by atoms with Crippen LogP contribution >= 0.6 is 11.3 Å². The van der Waals surface area contributed by atoms with Crippen LogP contribution in [0.3, 0.4) is 0 Å². The maximum atomic E-state index is 12.1. The Labute approximate surface area is 124 Å². The Morgan fingerprint density at radius 2 is 2.14 bits per heavy atom. The molecule has 0 aliphatic carbocycles. The van der Waals surface area contributed by atoms with Crippen molar-refractivity contribution in [2.24, 2.45) is 0 Å². The standard InChI is InChI=1S/C14H12N4O2S/c1-8-11(16-13(19)10-5-3-4-6-15-10)7-12(21-8)14-18-17-9(2)20-14/h3-7H,1-2H3,(H,16,19). The van der Waals surface area contributed by atoms with Crippen LogP contribution in [-0.4, -0.2) is 21.1 Å². The van der Waals surface area contributed by atoms with Crippen molar-refractivity contribution in [1.82, 2.24) is 15.2 Å². The number of anilines is 1. The van der Waals surface area contributed by atoms with Crippen molar-refractivity contribution >= 4 is 22.9 Å². The number of thiophene rings is 1. The molecule has 0 spiro atoms. The molecule has 3 aromatic rings. The van der Waals surface area contributed by atoms with Crippen LogP contribution in [-0.2, 0) is 0 Å². The van der Waals surface area contributed by atoms with Gasteiger partial charge in [0.2, 0.25) is 5.89 Å². The Morgan fingerprint density at radius 1 is 1.29 bits per heavy atom. The lowest BCUT2D eigenvalue weighted by Gasteiger charge is -2.02. The zero-order chi connectivity index (χ0) is 14.8. The Balaban J connectivity index is 1.84. The lowest BCUT2D eigenvalue weighted by molar-refractivity contribution is 0.102. The molecule has 0 aliphatic rings. The Kier molecular flexibility index (Phi) is 3.49. The highest BCUT2D eigenvalue weighted by Gasteiger charge is 2.15. The van der Waals surface area contributed by atoms with Crippen molar-refractivity contribution in [1.29, 1.82) is 0 Å². The summed E-state index contributed by atoms with van der Waals surface area (Å²) >= 11 is 1.49. The maximum absolute atomic E-state index is 12.1. The van der Waals surface area contributed by atoms with E-state index in [0.717, 1.165) is 15.4 Å². The van der Waals surface area contributed by atoms with Gasteiger partial charge in [0.05, 0.1) is 10.6 Å². The van der Waals surface area contributed by atoms with Gasteiger partial charge in [-0.2, -0.15) is 0 Å². The van der Waals surface area contributed by atoms with E-state index in [-0.39, 0.29) is 5.91 Å². The van der Waals surface area contributed by atoms with Crippen molar-refractivity contribution in [2.75, 3.05) is 5.32 Å². The van der Waals surface area contributed by atoms with Gasteiger partial charge >= 0.3 is 0 Å². The summed E-state index contributed by atoms with van der Waals surface area (Å²) in [6.07, 6.45) is 1.59. The number of carbonyl (C=O) groups is 1. The molecule has 0 aliphatic heterocycles. The molecule has 3 heterocycles. The second-order valence-corrected chi connectivity index (χ2v) is 5.63. The minimum atomic E-state index is -0.246. The van der Waals surface area contributed by atoms with Crippen molar-refractivity contribution in [3.8, 4) is 10.8 Å². The summed E-state index contributed by atoms with van der Waals surface area (Å²) in [6.45, 7) is 3.66. The number of hydrogen-bond donors (Lipinski definition) is 1. The number of rotatable bonds is 3. The average molecular weight is 300 g/mol. The molecule has 7 heteroatoms. The molecule has 0 bridgehead atoms. The molecular formula is C14H12N4O2S. The highest BCUT2D eigenvalue weighted by atomic mass is 32.1. The SMILES string of the molecule is Cc1nnc(-c2cc(NC(=O)c3ccccn3)c(C)s2)o1. The summed E-state index contributed by atoms with van der Waals surface area (Å²) < 4.78 is 5.39. The summed E-state index contributed by atoms with van der Waals surface area (Å²) in [7, 11) is 0. The van der Waals surface area contributed by atoms with Gasteiger partial charge in [-0.05, 0) is 25.1 Å². The molecule has 0 fully saturated rings. The predicted octanol–water partition coefficient (Wildman–Crippen LogP) is 3.06. The molecule has 0 unspecified atom stereocenters. The van der Waals surface area contributed by atoms with Gasteiger partial charge < -0.3 is 9.73 Å². The van der Waals surface area contributed by atoms with Crippen molar-refractivity contribution < 1.29 is 9.21 Å². The van der Waals surface area contributed by atoms with Crippen LogP contribution in [0.2, 0.25) is 0 Å². The van der Waals surface area contributed by atoms with Crippen LogP contribution in [0.25, 0.3) is 10.8 Å². The number of pyridine rings is 1. The molecule has 106 valence electrons. The number of nitrogens with one attached hydrogen (secondary N) is 1. The first-order valence-corrected chi connectivity index (χ1v) is 7.08. The van der Waals surface area contributed by atoms with Crippen LogP contribution in [0.4, 0.5) is 5.69 Å². The summed E-state index contributed by atoms with van der Waals surface area (Å²) in [5.41, 5.74) is 1.10. The maximum Gasteiger partial charge on any atom is 0.274 e. The number of amides is 1. The molecule has 0 aromatic carbocycles. The third kappa shape index (κ3) is 2.82. The van der Waals surface area contributed by atoms with Gasteiger partial charge in [0, 0.05) is 18.0 Å². The third-order valence-corrected chi connectivity index (χ3v) is 3.84. The number of aryl methyl sites for hydroxylation is 2. The number of carbonyl (C=O) groups excluding carboxylic acids is 1. The van der Waals surface area contributed by atoms with Crippen LogP contribution in [0.15, 0.2) is 34.9 Å². The highest BCUT2D eigenvalue weighted by molar-refractivity contribution is 7.15. The predicted molar refractivity (Wildman–Crippen MR) is 79.3 cm³/mol.